The monoisotopic (exact) mass is 372 g/mol. The van der Waals surface area contributed by atoms with E-state index in [1.807, 2.05) is 24.5 Å². The molecular formula is C21H30N3OS+. The molecular weight excluding hydrogens is 342 g/mol. The predicted octanol–water partition coefficient (Wildman–Crippen LogP) is 3.73. The second-order valence-corrected chi connectivity index (χ2v) is 9.20. The highest BCUT2D eigenvalue weighted by Crippen LogP contribution is 2.44. The smallest absolute Gasteiger partial charge is 0.145 e. The van der Waals surface area contributed by atoms with Gasteiger partial charge >= 0.3 is 0 Å². The van der Waals surface area contributed by atoms with Crippen LogP contribution in [-0.4, -0.2) is 54.3 Å². The summed E-state index contributed by atoms with van der Waals surface area (Å²) >= 11 is 1.93. The quantitative estimate of drug-likeness (QED) is 0.595. The Bertz CT molecular complexity index is 719. The first-order valence-corrected chi connectivity index (χ1v) is 10.6. The molecule has 4 unspecified atom stereocenters. The number of nitrogens with zero attached hydrogens (tertiary/aromatic N) is 3. The SMILES string of the molecule is COc1cccc2c1CC1C(C)CC[N+](C)(CSN3C=NC=CC3)C1C2. The number of quaternary nitrogens is 1. The molecule has 3 aliphatic rings. The summed E-state index contributed by atoms with van der Waals surface area (Å²) in [4.78, 5) is 4.27. The normalized spacial score (nSPS) is 32.9. The van der Waals surface area contributed by atoms with E-state index in [2.05, 4.69) is 47.5 Å². The topological polar surface area (TPSA) is 24.8 Å². The molecule has 140 valence electrons. The first-order valence-electron chi connectivity index (χ1n) is 9.67. The number of likely N-dealkylation sites (tertiary alicyclic amines) is 1. The minimum Gasteiger partial charge on any atom is -0.496 e. The largest absolute Gasteiger partial charge is 0.496 e. The average molecular weight is 373 g/mol. The predicted molar refractivity (Wildman–Crippen MR) is 109 cm³/mol. The fraction of sp³-hybridized carbons (Fsp3) is 0.571. The number of aliphatic imine (C=N–C) groups is 1. The molecule has 0 aromatic heterocycles. The molecule has 1 saturated heterocycles. The van der Waals surface area contributed by atoms with E-state index in [-0.39, 0.29) is 0 Å². The van der Waals surface area contributed by atoms with Gasteiger partial charge in [0.2, 0.25) is 0 Å². The molecule has 2 aliphatic heterocycles. The van der Waals surface area contributed by atoms with Crippen molar-refractivity contribution in [1.82, 2.24) is 4.31 Å². The van der Waals surface area contributed by atoms with E-state index in [0.29, 0.717) is 6.04 Å². The Balaban J connectivity index is 1.56. The average Bonchev–Trinajstić information content (AvgIpc) is 2.69. The fourth-order valence-corrected chi connectivity index (χ4v) is 5.98. The van der Waals surface area contributed by atoms with Gasteiger partial charge in [-0.25, -0.2) is 4.99 Å². The van der Waals surface area contributed by atoms with E-state index < -0.39 is 0 Å². The Kier molecular flexibility index (Phi) is 5.02. The van der Waals surface area contributed by atoms with E-state index in [0.717, 1.165) is 40.9 Å². The summed E-state index contributed by atoms with van der Waals surface area (Å²) in [6, 6.07) is 7.29. The molecule has 1 aromatic carbocycles. The van der Waals surface area contributed by atoms with Gasteiger partial charge in [0.25, 0.3) is 0 Å². The number of methoxy groups -OCH3 is 1. The van der Waals surface area contributed by atoms with Crippen LogP contribution in [0.3, 0.4) is 0 Å². The van der Waals surface area contributed by atoms with Crippen LogP contribution >= 0.6 is 11.9 Å². The van der Waals surface area contributed by atoms with Gasteiger partial charge < -0.3 is 9.22 Å². The number of ether oxygens (including phenoxy) is 1. The van der Waals surface area contributed by atoms with Crippen molar-refractivity contribution in [2.75, 3.05) is 33.1 Å². The highest BCUT2D eigenvalue weighted by molar-refractivity contribution is 7.97. The van der Waals surface area contributed by atoms with Crippen LogP contribution in [0.5, 0.6) is 5.75 Å². The Morgan fingerprint density at radius 1 is 1.35 bits per heavy atom. The van der Waals surface area contributed by atoms with Crippen LogP contribution in [0.15, 0.2) is 35.5 Å². The third kappa shape index (κ3) is 3.27. The zero-order chi connectivity index (χ0) is 18.1. The minimum atomic E-state index is 0.697. The summed E-state index contributed by atoms with van der Waals surface area (Å²) < 4.78 is 9.09. The highest BCUT2D eigenvalue weighted by atomic mass is 32.2. The van der Waals surface area contributed by atoms with E-state index in [1.165, 1.54) is 30.5 Å². The van der Waals surface area contributed by atoms with Crippen molar-refractivity contribution in [2.45, 2.75) is 32.2 Å². The van der Waals surface area contributed by atoms with Crippen LogP contribution in [-0.2, 0) is 12.8 Å². The van der Waals surface area contributed by atoms with E-state index >= 15 is 0 Å². The number of fused-ring (bicyclic) bond motifs is 2. The Morgan fingerprint density at radius 2 is 2.23 bits per heavy atom. The lowest BCUT2D eigenvalue weighted by Crippen LogP contribution is -2.63. The summed E-state index contributed by atoms with van der Waals surface area (Å²) in [6.07, 6.45) is 9.62. The zero-order valence-corrected chi connectivity index (χ0v) is 16.9. The molecule has 26 heavy (non-hydrogen) atoms. The lowest BCUT2D eigenvalue weighted by molar-refractivity contribution is -0.932. The van der Waals surface area contributed by atoms with Crippen molar-refractivity contribution in [2.24, 2.45) is 16.8 Å². The van der Waals surface area contributed by atoms with Gasteiger partial charge in [0.15, 0.2) is 0 Å². The highest BCUT2D eigenvalue weighted by Gasteiger charge is 2.48. The third-order valence-electron chi connectivity index (χ3n) is 6.63. The number of benzene rings is 1. The molecule has 0 spiro atoms. The molecule has 4 rings (SSSR count). The fourth-order valence-electron chi connectivity index (χ4n) is 4.94. The zero-order valence-electron chi connectivity index (χ0n) is 16.1. The lowest BCUT2D eigenvalue weighted by atomic mass is 9.69. The van der Waals surface area contributed by atoms with Gasteiger partial charge in [-0.15, -0.1) is 0 Å². The number of piperidine rings is 1. The van der Waals surface area contributed by atoms with Crippen molar-refractivity contribution >= 4 is 18.3 Å². The van der Waals surface area contributed by atoms with Crippen molar-refractivity contribution in [3.05, 3.63) is 41.6 Å². The summed E-state index contributed by atoms with van der Waals surface area (Å²) in [7, 11) is 4.27. The molecule has 0 N–H and O–H groups in total. The Labute approximate surface area is 161 Å². The van der Waals surface area contributed by atoms with Gasteiger partial charge in [-0.3, -0.25) is 4.31 Å². The van der Waals surface area contributed by atoms with Crippen LogP contribution in [0.4, 0.5) is 0 Å². The number of likely N-dealkylation sites (N-methyl/N-ethyl adjacent to an activating group) is 1. The van der Waals surface area contributed by atoms with Gasteiger partial charge in [0, 0.05) is 30.5 Å². The van der Waals surface area contributed by atoms with Gasteiger partial charge in [-0.05, 0) is 42.0 Å². The second-order valence-electron chi connectivity index (χ2n) is 8.21. The Morgan fingerprint density at radius 3 is 3.00 bits per heavy atom. The van der Waals surface area contributed by atoms with Crippen molar-refractivity contribution < 1.29 is 9.22 Å². The maximum absolute atomic E-state index is 5.67. The summed E-state index contributed by atoms with van der Waals surface area (Å²) in [6.45, 7) is 4.69. The van der Waals surface area contributed by atoms with E-state index in [1.54, 1.807) is 7.11 Å². The van der Waals surface area contributed by atoms with Crippen LogP contribution in [0.25, 0.3) is 0 Å². The molecule has 5 heteroatoms. The maximum atomic E-state index is 5.67. The molecule has 1 fully saturated rings. The first kappa shape index (κ1) is 17.9. The number of hydrogen-bond acceptors (Lipinski definition) is 4. The van der Waals surface area contributed by atoms with Gasteiger partial charge in [-0.2, -0.15) is 0 Å². The molecule has 4 atom stereocenters. The van der Waals surface area contributed by atoms with Gasteiger partial charge in [0.05, 0.1) is 33.3 Å². The number of hydrogen-bond donors (Lipinski definition) is 0. The van der Waals surface area contributed by atoms with E-state index in [4.69, 9.17) is 4.74 Å². The molecule has 1 aromatic rings. The molecule has 0 saturated carbocycles. The summed E-state index contributed by atoms with van der Waals surface area (Å²) in [5, 5.41) is 0. The standard InChI is InChI=1S/C21H30N3OS/c1-16-8-11-24(2,15-26-23-10-5-9-22-14-23)20-12-17-6-4-7-21(25-3)19(17)13-18(16)20/h4-7,9,14,16,18,20H,8,10-13,15H2,1-3H3/q+1. The minimum absolute atomic E-state index is 0.697. The molecule has 2 heterocycles. The summed E-state index contributed by atoms with van der Waals surface area (Å²) in [5.74, 6) is 3.73. The molecule has 0 bridgehead atoms. The molecule has 4 nitrogen and oxygen atoms in total. The maximum Gasteiger partial charge on any atom is 0.145 e. The second kappa shape index (κ2) is 7.28. The lowest BCUT2D eigenvalue weighted by Gasteiger charge is -2.53. The summed E-state index contributed by atoms with van der Waals surface area (Å²) in [5.41, 5.74) is 2.95. The molecule has 0 amide bonds. The number of rotatable bonds is 4. The van der Waals surface area contributed by atoms with Gasteiger partial charge in [-0.1, -0.05) is 19.1 Å². The van der Waals surface area contributed by atoms with Crippen molar-refractivity contribution in [3.63, 3.8) is 0 Å². The van der Waals surface area contributed by atoms with Crippen LogP contribution < -0.4 is 4.74 Å². The van der Waals surface area contributed by atoms with Crippen LogP contribution in [0.2, 0.25) is 0 Å². The molecule has 1 aliphatic carbocycles. The third-order valence-corrected chi connectivity index (χ3v) is 7.91. The first-order chi connectivity index (χ1) is 12.6. The van der Waals surface area contributed by atoms with Crippen LogP contribution in [0, 0.1) is 11.8 Å². The Hall–Kier alpha value is -1.46. The van der Waals surface area contributed by atoms with Crippen LogP contribution in [0.1, 0.15) is 24.5 Å². The van der Waals surface area contributed by atoms with Crippen molar-refractivity contribution in [1.29, 1.82) is 0 Å². The van der Waals surface area contributed by atoms with E-state index in [9.17, 15) is 0 Å². The van der Waals surface area contributed by atoms with Gasteiger partial charge in [0.1, 0.15) is 18.0 Å². The van der Waals surface area contributed by atoms with Crippen molar-refractivity contribution in [3.8, 4) is 5.75 Å². The molecule has 0 radical (unpaired) electrons.